The SMILES string of the molecule is CNc1c2c(nc3c(OC(F)F)cccc13)CCC2. The van der Waals surface area contributed by atoms with Gasteiger partial charge in [0.05, 0.1) is 0 Å². The molecule has 100 valence electrons. The van der Waals surface area contributed by atoms with Crippen LogP contribution in [0.3, 0.4) is 0 Å². The normalized spacial score (nSPS) is 13.9. The van der Waals surface area contributed by atoms with Crippen LogP contribution in [0.5, 0.6) is 5.75 Å². The van der Waals surface area contributed by atoms with Gasteiger partial charge >= 0.3 is 6.61 Å². The Bertz CT molecular complexity index is 628. The van der Waals surface area contributed by atoms with Crippen molar-refractivity contribution in [3.8, 4) is 5.75 Å². The average molecular weight is 264 g/mol. The number of fused-ring (bicyclic) bond motifs is 2. The van der Waals surface area contributed by atoms with E-state index in [2.05, 4.69) is 15.0 Å². The van der Waals surface area contributed by atoms with Gasteiger partial charge in [0.1, 0.15) is 5.52 Å². The molecular weight excluding hydrogens is 250 g/mol. The zero-order valence-corrected chi connectivity index (χ0v) is 10.5. The van der Waals surface area contributed by atoms with Gasteiger partial charge in [-0.3, -0.25) is 0 Å². The molecule has 1 aliphatic carbocycles. The van der Waals surface area contributed by atoms with Gasteiger partial charge in [0.15, 0.2) is 5.75 Å². The van der Waals surface area contributed by atoms with E-state index in [0.717, 1.165) is 36.0 Å². The molecule has 1 N–H and O–H groups in total. The van der Waals surface area contributed by atoms with Gasteiger partial charge in [-0.15, -0.1) is 0 Å². The van der Waals surface area contributed by atoms with Crippen LogP contribution in [0.15, 0.2) is 18.2 Å². The van der Waals surface area contributed by atoms with Crippen molar-refractivity contribution in [1.82, 2.24) is 4.98 Å². The number of nitrogens with one attached hydrogen (secondary N) is 1. The Morgan fingerprint density at radius 2 is 2.16 bits per heavy atom. The van der Waals surface area contributed by atoms with E-state index in [0.29, 0.717) is 5.52 Å². The van der Waals surface area contributed by atoms with Crippen LogP contribution in [0, 0.1) is 0 Å². The lowest BCUT2D eigenvalue weighted by Crippen LogP contribution is -2.05. The van der Waals surface area contributed by atoms with Gasteiger partial charge in [-0.1, -0.05) is 12.1 Å². The van der Waals surface area contributed by atoms with E-state index in [1.54, 1.807) is 6.07 Å². The number of halogens is 2. The van der Waals surface area contributed by atoms with Gasteiger partial charge in [-0.25, -0.2) is 4.98 Å². The lowest BCUT2D eigenvalue weighted by atomic mass is 10.1. The van der Waals surface area contributed by atoms with E-state index in [9.17, 15) is 8.78 Å². The van der Waals surface area contributed by atoms with Crippen LogP contribution in [-0.2, 0) is 12.8 Å². The molecule has 1 aliphatic rings. The molecule has 0 spiro atoms. The standard InChI is InChI=1S/C14H14F2N2O/c1-17-12-8-4-2-6-10(8)18-13-9(12)5-3-7-11(13)19-14(15)16/h3,5,7,14H,2,4,6H2,1H3,(H,17,18). The monoisotopic (exact) mass is 264 g/mol. The first kappa shape index (κ1) is 12.1. The number of alkyl halides is 2. The molecule has 3 rings (SSSR count). The van der Waals surface area contributed by atoms with Crippen molar-refractivity contribution in [1.29, 1.82) is 0 Å². The second-order valence-corrected chi connectivity index (χ2v) is 4.55. The predicted octanol–water partition coefficient (Wildman–Crippen LogP) is 3.37. The van der Waals surface area contributed by atoms with Gasteiger partial charge in [-0.05, 0) is 30.9 Å². The summed E-state index contributed by atoms with van der Waals surface area (Å²) in [7, 11) is 1.84. The fourth-order valence-electron chi connectivity index (χ4n) is 2.73. The highest BCUT2D eigenvalue weighted by molar-refractivity contribution is 5.97. The first-order valence-corrected chi connectivity index (χ1v) is 6.27. The minimum atomic E-state index is -2.83. The zero-order valence-electron chi connectivity index (χ0n) is 10.5. The molecule has 2 aromatic rings. The number of aromatic nitrogens is 1. The zero-order chi connectivity index (χ0) is 13.4. The Morgan fingerprint density at radius 1 is 1.32 bits per heavy atom. The van der Waals surface area contributed by atoms with Crippen molar-refractivity contribution in [2.75, 3.05) is 12.4 Å². The summed E-state index contributed by atoms with van der Waals surface area (Å²) in [6.07, 6.45) is 2.93. The number of aryl methyl sites for hydroxylation is 1. The number of hydrogen-bond acceptors (Lipinski definition) is 3. The Kier molecular flexibility index (Phi) is 2.97. The molecule has 0 atom stereocenters. The molecule has 0 aliphatic heterocycles. The molecule has 0 saturated heterocycles. The van der Waals surface area contributed by atoms with Crippen molar-refractivity contribution in [3.05, 3.63) is 29.5 Å². The highest BCUT2D eigenvalue weighted by atomic mass is 19.3. The fourth-order valence-corrected chi connectivity index (χ4v) is 2.73. The molecule has 1 heterocycles. The molecular formula is C14H14F2N2O. The Hall–Kier alpha value is -1.91. The highest BCUT2D eigenvalue weighted by Crippen LogP contribution is 2.37. The molecule has 0 fully saturated rings. The van der Waals surface area contributed by atoms with E-state index in [1.807, 2.05) is 13.1 Å². The number of pyridine rings is 1. The first-order chi connectivity index (χ1) is 9.20. The Morgan fingerprint density at radius 3 is 2.89 bits per heavy atom. The van der Waals surface area contributed by atoms with Crippen LogP contribution in [-0.4, -0.2) is 18.6 Å². The molecule has 0 saturated carbocycles. The third-order valence-corrected chi connectivity index (χ3v) is 3.47. The molecule has 1 aromatic heterocycles. The lowest BCUT2D eigenvalue weighted by molar-refractivity contribution is -0.0489. The lowest BCUT2D eigenvalue weighted by Gasteiger charge is -2.14. The molecule has 3 nitrogen and oxygen atoms in total. The minimum Gasteiger partial charge on any atom is -0.432 e. The predicted molar refractivity (Wildman–Crippen MR) is 69.9 cm³/mol. The molecule has 0 amide bonds. The van der Waals surface area contributed by atoms with Crippen molar-refractivity contribution in [2.24, 2.45) is 0 Å². The largest absolute Gasteiger partial charge is 0.432 e. The smallest absolute Gasteiger partial charge is 0.387 e. The number of ether oxygens (including phenoxy) is 1. The minimum absolute atomic E-state index is 0.138. The third kappa shape index (κ3) is 1.99. The van der Waals surface area contributed by atoms with E-state index in [-0.39, 0.29) is 5.75 Å². The fraction of sp³-hybridized carbons (Fsp3) is 0.357. The van der Waals surface area contributed by atoms with Gasteiger partial charge in [0, 0.05) is 23.8 Å². The maximum atomic E-state index is 12.4. The second kappa shape index (κ2) is 4.64. The number of benzene rings is 1. The van der Waals surface area contributed by atoms with Crippen LogP contribution >= 0.6 is 0 Å². The second-order valence-electron chi connectivity index (χ2n) is 4.55. The number of nitrogens with zero attached hydrogens (tertiary/aromatic N) is 1. The molecule has 0 bridgehead atoms. The van der Waals surface area contributed by atoms with Gasteiger partial charge < -0.3 is 10.1 Å². The molecule has 0 radical (unpaired) electrons. The maximum Gasteiger partial charge on any atom is 0.387 e. The molecule has 1 aromatic carbocycles. The summed E-state index contributed by atoms with van der Waals surface area (Å²) in [5.41, 5.74) is 3.68. The summed E-state index contributed by atoms with van der Waals surface area (Å²) in [5.74, 6) is 0.138. The third-order valence-electron chi connectivity index (χ3n) is 3.47. The van der Waals surface area contributed by atoms with Crippen LogP contribution < -0.4 is 10.1 Å². The van der Waals surface area contributed by atoms with Crippen molar-refractivity contribution in [3.63, 3.8) is 0 Å². The first-order valence-electron chi connectivity index (χ1n) is 6.27. The summed E-state index contributed by atoms with van der Waals surface area (Å²) in [4.78, 5) is 4.52. The van der Waals surface area contributed by atoms with E-state index in [4.69, 9.17) is 0 Å². The number of rotatable bonds is 3. The average Bonchev–Trinajstić information content (AvgIpc) is 2.84. The maximum absolute atomic E-state index is 12.4. The van der Waals surface area contributed by atoms with E-state index >= 15 is 0 Å². The Balaban J connectivity index is 2.26. The summed E-state index contributed by atoms with van der Waals surface area (Å²) in [6, 6.07) is 5.12. The summed E-state index contributed by atoms with van der Waals surface area (Å²) < 4.78 is 29.4. The van der Waals surface area contributed by atoms with E-state index in [1.165, 1.54) is 11.6 Å². The van der Waals surface area contributed by atoms with Crippen molar-refractivity contribution in [2.45, 2.75) is 25.9 Å². The quantitative estimate of drug-likeness (QED) is 0.923. The summed E-state index contributed by atoms with van der Waals surface area (Å²) in [6.45, 7) is -2.83. The summed E-state index contributed by atoms with van der Waals surface area (Å²) in [5, 5.41) is 4.00. The van der Waals surface area contributed by atoms with Crippen LogP contribution in [0.2, 0.25) is 0 Å². The van der Waals surface area contributed by atoms with Crippen LogP contribution in [0.4, 0.5) is 14.5 Å². The molecule has 5 heteroatoms. The topological polar surface area (TPSA) is 34.2 Å². The van der Waals surface area contributed by atoms with Crippen LogP contribution in [0.25, 0.3) is 10.9 Å². The number of para-hydroxylation sites is 1. The van der Waals surface area contributed by atoms with Gasteiger partial charge in [0.2, 0.25) is 0 Å². The van der Waals surface area contributed by atoms with Gasteiger partial charge in [-0.2, -0.15) is 8.78 Å². The number of hydrogen-bond donors (Lipinski definition) is 1. The van der Waals surface area contributed by atoms with Crippen molar-refractivity contribution >= 4 is 16.6 Å². The molecule has 0 unspecified atom stereocenters. The number of anilines is 1. The van der Waals surface area contributed by atoms with Crippen molar-refractivity contribution < 1.29 is 13.5 Å². The van der Waals surface area contributed by atoms with Crippen LogP contribution in [0.1, 0.15) is 17.7 Å². The van der Waals surface area contributed by atoms with E-state index < -0.39 is 6.61 Å². The van der Waals surface area contributed by atoms with Gasteiger partial charge in [0.25, 0.3) is 0 Å². The molecule has 19 heavy (non-hydrogen) atoms. The summed E-state index contributed by atoms with van der Waals surface area (Å²) >= 11 is 0. The Labute approximate surface area is 109 Å². The highest BCUT2D eigenvalue weighted by Gasteiger charge is 2.21.